The molecule has 4 rings (SSSR count). The second-order valence-electron chi connectivity index (χ2n) is 8.18. The van der Waals surface area contributed by atoms with E-state index in [9.17, 15) is 4.79 Å². The lowest BCUT2D eigenvalue weighted by atomic mass is 10.0. The fraction of sp³-hybridized carbons (Fsp3) is 0.522. The quantitative estimate of drug-likeness (QED) is 0.757. The standard InChI is InChI=1S/C23H31N5O2/c1-18-5-3-4-12-28(18)22-11-10-21(24-25-22)26-13-15-27(16-14-26)23(29)17-19-6-8-20(30-2)9-7-19/h6-11,18H,3-5,12-17H2,1-2H3. The monoisotopic (exact) mass is 409 g/mol. The number of rotatable bonds is 5. The van der Waals surface area contributed by atoms with Crippen molar-refractivity contribution in [2.45, 2.75) is 38.6 Å². The Hall–Kier alpha value is -2.83. The van der Waals surface area contributed by atoms with Crippen LogP contribution in [0.1, 0.15) is 31.7 Å². The molecular weight excluding hydrogens is 378 g/mol. The molecular formula is C23H31N5O2. The summed E-state index contributed by atoms with van der Waals surface area (Å²) in [6, 6.07) is 12.4. The highest BCUT2D eigenvalue weighted by Gasteiger charge is 2.23. The maximum Gasteiger partial charge on any atom is 0.227 e. The van der Waals surface area contributed by atoms with Crippen molar-refractivity contribution in [1.29, 1.82) is 0 Å². The van der Waals surface area contributed by atoms with Gasteiger partial charge in [0.2, 0.25) is 5.91 Å². The highest BCUT2D eigenvalue weighted by atomic mass is 16.5. The van der Waals surface area contributed by atoms with Crippen LogP contribution < -0.4 is 14.5 Å². The van der Waals surface area contributed by atoms with Gasteiger partial charge in [-0.3, -0.25) is 4.79 Å². The van der Waals surface area contributed by atoms with E-state index in [0.717, 1.165) is 42.6 Å². The van der Waals surface area contributed by atoms with Crippen LogP contribution in [0.4, 0.5) is 11.6 Å². The summed E-state index contributed by atoms with van der Waals surface area (Å²) in [7, 11) is 1.64. The van der Waals surface area contributed by atoms with Crippen molar-refractivity contribution in [3.05, 3.63) is 42.0 Å². The fourth-order valence-corrected chi connectivity index (χ4v) is 4.29. The van der Waals surface area contributed by atoms with E-state index in [1.54, 1.807) is 7.11 Å². The third-order valence-corrected chi connectivity index (χ3v) is 6.20. The van der Waals surface area contributed by atoms with Crippen LogP contribution in [0.25, 0.3) is 0 Å². The first-order chi connectivity index (χ1) is 14.6. The van der Waals surface area contributed by atoms with E-state index in [1.165, 1.54) is 19.3 Å². The second-order valence-corrected chi connectivity index (χ2v) is 8.18. The van der Waals surface area contributed by atoms with E-state index in [-0.39, 0.29) is 5.91 Å². The van der Waals surface area contributed by atoms with Crippen LogP contribution in [0.3, 0.4) is 0 Å². The van der Waals surface area contributed by atoms with Gasteiger partial charge in [0, 0.05) is 38.8 Å². The summed E-state index contributed by atoms with van der Waals surface area (Å²) in [4.78, 5) is 19.2. The van der Waals surface area contributed by atoms with Gasteiger partial charge in [-0.05, 0) is 56.0 Å². The molecule has 2 aliphatic heterocycles. The molecule has 7 nitrogen and oxygen atoms in total. The van der Waals surface area contributed by atoms with Crippen molar-refractivity contribution in [3.8, 4) is 5.75 Å². The minimum absolute atomic E-state index is 0.167. The molecule has 30 heavy (non-hydrogen) atoms. The van der Waals surface area contributed by atoms with Gasteiger partial charge in [0.25, 0.3) is 0 Å². The van der Waals surface area contributed by atoms with Gasteiger partial charge in [0.05, 0.1) is 13.5 Å². The lowest BCUT2D eigenvalue weighted by molar-refractivity contribution is -0.130. The Labute approximate surface area is 178 Å². The van der Waals surface area contributed by atoms with Gasteiger partial charge in [-0.25, -0.2) is 0 Å². The van der Waals surface area contributed by atoms with Crippen LogP contribution >= 0.6 is 0 Å². The Balaban J connectivity index is 1.30. The SMILES string of the molecule is COc1ccc(CC(=O)N2CCN(c3ccc(N4CCCCC4C)nn3)CC2)cc1. The summed E-state index contributed by atoms with van der Waals surface area (Å²) in [5, 5.41) is 8.98. The lowest BCUT2D eigenvalue weighted by Gasteiger charge is -2.36. The third-order valence-electron chi connectivity index (χ3n) is 6.20. The van der Waals surface area contributed by atoms with E-state index in [2.05, 4.69) is 39.1 Å². The van der Waals surface area contributed by atoms with Crippen LogP contribution in [0, 0.1) is 0 Å². The Morgan fingerprint density at radius 3 is 2.30 bits per heavy atom. The molecule has 1 amide bonds. The molecule has 2 aromatic rings. The molecule has 2 saturated heterocycles. The number of benzene rings is 1. The number of amides is 1. The topological polar surface area (TPSA) is 61.8 Å². The number of nitrogens with zero attached hydrogens (tertiary/aromatic N) is 5. The minimum Gasteiger partial charge on any atom is -0.497 e. The van der Waals surface area contributed by atoms with Crippen LogP contribution in [0.15, 0.2) is 36.4 Å². The van der Waals surface area contributed by atoms with Gasteiger partial charge in [0.1, 0.15) is 5.75 Å². The molecule has 1 atom stereocenters. The molecule has 0 saturated carbocycles. The summed E-state index contributed by atoms with van der Waals surface area (Å²) in [5.41, 5.74) is 1.01. The number of hydrogen-bond acceptors (Lipinski definition) is 6. The molecule has 0 spiro atoms. The van der Waals surface area contributed by atoms with Gasteiger partial charge in [0.15, 0.2) is 11.6 Å². The summed E-state index contributed by atoms with van der Waals surface area (Å²) >= 11 is 0. The molecule has 2 fully saturated rings. The molecule has 7 heteroatoms. The molecule has 0 N–H and O–H groups in total. The molecule has 1 aromatic carbocycles. The number of carbonyl (C=O) groups excluding carboxylic acids is 1. The maximum atomic E-state index is 12.7. The molecule has 3 heterocycles. The average molecular weight is 410 g/mol. The van der Waals surface area contributed by atoms with Crippen LogP contribution in [0.2, 0.25) is 0 Å². The van der Waals surface area contributed by atoms with Gasteiger partial charge >= 0.3 is 0 Å². The Bertz CT molecular complexity index is 832. The van der Waals surface area contributed by atoms with Gasteiger partial charge in [-0.15, -0.1) is 10.2 Å². The van der Waals surface area contributed by atoms with Crippen molar-refractivity contribution in [2.24, 2.45) is 0 Å². The zero-order valence-electron chi connectivity index (χ0n) is 18.0. The Morgan fingerprint density at radius 2 is 1.67 bits per heavy atom. The number of piperidine rings is 1. The molecule has 0 bridgehead atoms. The van der Waals surface area contributed by atoms with E-state index < -0.39 is 0 Å². The molecule has 2 aliphatic rings. The molecule has 1 aromatic heterocycles. The number of hydrogen-bond donors (Lipinski definition) is 0. The largest absolute Gasteiger partial charge is 0.497 e. The van der Waals surface area contributed by atoms with Crippen LogP contribution in [-0.4, -0.2) is 66.9 Å². The van der Waals surface area contributed by atoms with Gasteiger partial charge in [-0.2, -0.15) is 0 Å². The van der Waals surface area contributed by atoms with Crippen molar-refractivity contribution < 1.29 is 9.53 Å². The first-order valence-electron chi connectivity index (χ1n) is 10.9. The third kappa shape index (κ3) is 4.66. The first kappa shape index (κ1) is 20.4. The van der Waals surface area contributed by atoms with Crippen LogP contribution in [-0.2, 0) is 11.2 Å². The number of carbonyl (C=O) groups is 1. The maximum absolute atomic E-state index is 12.7. The van der Waals surface area contributed by atoms with E-state index in [1.807, 2.05) is 29.2 Å². The highest BCUT2D eigenvalue weighted by Crippen LogP contribution is 2.24. The number of aromatic nitrogens is 2. The number of piperazine rings is 1. The summed E-state index contributed by atoms with van der Waals surface area (Å²) < 4.78 is 5.18. The van der Waals surface area contributed by atoms with Crippen LogP contribution in [0.5, 0.6) is 5.75 Å². The zero-order valence-corrected chi connectivity index (χ0v) is 18.0. The van der Waals surface area contributed by atoms with E-state index in [4.69, 9.17) is 4.74 Å². The van der Waals surface area contributed by atoms with Gasteiger partial charge < -0.3 is 19.4 Å². The number of ether oxygens (including phenoxy) is 1. The molecule has 0 aliphatic carbocycles. The van der Waals surface area contributed by atoms with Gasteiger partial charge in [-0.1, -0.05) is 12.1 Å². The summed E-state index contributed by atoms with van der Waals surface area (Å²) in [6.07, 6.45) is 4.16. The number of methoxy groups -OCH3 is 1. The Morgan fingerprint density at radius 1 is 0.967 bits per heavy atom. The molecule has 1 unspecified atom stereocenters. The lowest BCUT2D eigenvalue weighted by Crippen LogP contribution is -2.49. The highest BCUT2D eigenvalue weighted by molar-refractivity contribution is 5.79. The predicted octanol–water partition coefficient (Wildman–Crippen LogP) is 2.76. The zero-order chi connectivity index (χ0) is 20.9. The smallest absolute Gasteiger partial charge is 0.227 e. The molecule has 0 radical (unpaired) electrons. The Kier molecular flexibility index (Phi) is 6.35. The van der Waals surface area contributed by atoms with Crippen molar-refractivity contribution in [3.63, 3.8) is 0 Å². The predicted molar refractivity (Wildman–Crippen MR) is 118 cm³/mol. The second kappa shape index (κ2) is 9.32. The van der Waals surface area contributed by atoms with Crippen molar-refractivity contribution >= 4 is 17.5 Å². The van der Waals surface area contributed by atoms with Crippen molar-refractivity contribution in [2.75, 3.05) is 49.6 Å². The first-order valence-corrected chi connectivity index (χ1v) is 10.9. The van der Waals surface area contributed by atoms with E-state index in [0.29, 0.717) is 25.6 Å². The summed E-state index contributed by atoms with van der Waals surface area (Å²) in [6.45, 7) is 6.30. The number of anilines is 2. The fourth-order valence-electron chi connectivity index (χ4n) is 4.29. The minimum atomic E-state index is 0.167. The molecule has 160 valence electrons. The van der Waals surface area contributed by atoms with E-state index >= 15 is 0 Å². The van der Waals surface area contributed by atoms with Crippen molar-refractivity contribution in [1.82, 2.24) is 15.1 Å². The summed E-state index contributed by atoms with van der Waals surface area (Å²) in [5.74, 6) is 2.84. The average Bonchev–Trinajstić information content (AvgIpc) is 2.80. The normalized spacial score (nSPS) is 19.7.